The molecule has 13 rings (SSSR count). The Morgan fingerprint density at radius 2 is 0.804 bits per heavy atom. The Labute approximate surface area is 332 Å². The Bertz CT molecular complexity index is 2580. The van der Waals surface area contributed by atoms with Gasteiger partial charge in [0.2, 0.25) is 0 Å². The van der Waals surface area contributed by atoms with Gasteiger partial charge in [-0.1, -0.05) is 98.8 Å². The minimum absolute atomic E-state index is 0.608. The van der Waals surface area contributed by atoms with Gasteiger partial charge in [-0.05, 0) is 170 Å². The number of rotatable bonds is 3. The number of benzene rings is 5. The molecule has 0 radical (unpaired) electrons. The normalized spacial score (nSPS) is 33.7. The molecule has 5 aromatic carbocycles. The van der Waals surface area contributed by atoms with Crippen LogP contribution in [0.15, 0.2) is 115 Å². The van der Waals surface area contributed by atoms with Crippen molar-refractivity contribution in [3.05, 3.63) is 115 Å². The van der Waals surface area contributed by atoms with Crippen LogP contribution in [-0.4, -0.2) is 9.13 Å². The van der Waals surface area contributed by atoms with Crippen molar-refractivity contribution in [2.24, 2.45) is 59.2 Å². The lowest BCUT2D eigenvalue weighted by molar-refractivity contribution is -0.192. The van der Waals surface area contributed by atoms with E-state index in [2.05, 4.69) is 124 Å². The van der Waals surface area contributed by atoms with Crippen molar-refractivity contribution in [3.8, 4) is 16.8 Å². The van der Waals surface area contributed by atoms with Crippen LogP contribution in [0.1, 0.15) is 89.5 Å². The third kappa shape index (κ3) is 4.62. The molecule has 6 saturated carbocycles. The van der Waals surface area contributed by atoms with Gasteiger partial charge in [0.05, 0.1) is 11.0 Å². The van der Waals surface area contributed by atoms with Crippen molar-refractivity contribution in [1.82, 2.24) is 9.13 Å². The molecule has 2 heterocycles. The van der Waals surface area contributed by atoms with E-state index < -0.39 is 0 Å². The second-order valence-electron chi connectivity index (χ2n) is 19.6. The molecule has 6 fully saturated rings. The van der Waals surface area contributed by atoms with Gasteiger partial charge < -0.3 is 9.13 Å². The van der Waals surface area contributed by atoms with Crippen molar-refractivity contribution >= 4 is 43.6 Å². The van der Waals surface area contributed by atoms with Crippen LogP contribution in [0.5, 0.6) is 0 Å². The molecule has 2 aromatic heterocycles. The number of para-hydroxylation sites is 3. The molecule has 6 aliphatic rings. The van der Waals surface area contributed by atoms with Gasteiger partial charge >= 0.3 is 0 Å². The van der Waals surface area contributed by atoms with E-state index in [0.29, 0.717) is 6.04 Å². The third-order valence-electron chi connectivity index (χ3n) is 17.6. The van der Waals surface area contributed by atoms with Crippen molar-refractivity contribution in [2.45, 2.75) is 89.5 Å². The van der Waals surface area contributed by atoms with Crippen molar-refractivity contribution in [1.29, 1.82) is 0 Å². The topological polar surface area (TPSA) is 9.86 Å². The smallest absolute Gasteiger partial charge is 0.0541 e. The predicted octanol–water partition coefficient (Wildman–Crippen LogP) is 14.4. The van der Waals surface area contributed by atoms with Gasteiger partial charge in [0, 0.05) is 44.3 Å². The Hall–Kier alpha value is -4.30. The molecule has 56 heavy (non-hydrogen) atoms. The molecule has 0 saturated heterocycles. The molecule has 8 unspecified atom stereocenters. The summed E-state index contributed by atoms with van der Waals surface area (Å²) in [4.78, 5) is 0. The summed E-state index contributed by atoms with van der Waals surface area (Å²) in [6.45, 7) is 0. The lowest BCUT2D eigenvalue weighted by atomic mass is 9.37. The van der Waals surface area contributed by atoms with Gasteiger partial charge in [0.15, 0.2) is 0 Å². The molecule has 2 heteroatoms. The molecule has 0 amide bonds. The molecule has 0 aliphatic heterocycles. The van der Waals surface area contributed by atoms with E-state index in [0.717, 1.165) is 59.2 Å². The quantitative estimate of drug-likeness (QED) is 0.171. The van der Waals surface area contributed by atoms with Gasteiger partial charge in [-0.15, -0.1) is 0 Å². The first kappa shape index (κ1) is 32.8. The second-order valence-corrected chi connectivity index (χ2v) is 19.6. The molecule has 282 valence electrons. The molecule has 7 aromatic rings. The molecule has 0 spiro atoms. The molecule has 2 nitrogen and oxygen atoms in total. The highest BCUT2D eigenvalue weighted by Gasteiger charge is 2.63. The van der Waals surface area contributed by atoms with Crippen LogP contribution in [0.3, 0.4) is 0 Å². The largest absolute Gasteiger partial charge is 0.337 e. The Morgan fingerprint density at radius 1 is 0.357 bits per heavy atom. The van der Waals surface area contributed by atoms with Crippen LogP contribution >= 0.6 is 0 Å². The Balaban J connectivity index is 0.936. The highest BCUT2D eigenvalue weighted by Crippen LogP contribution is 2.70. The first-order valence-corrected chi connectivity index (χ1v) is 22.9. The molecule has 0 bridgehead atoms. The number of fused-ring (bicyclic) bond motifs is 12. The monoisotopic (exact) mass is 732 g/mol. The third-order valence-corrected chi connectivity index (χ3v) is 17.6. The summed E-state index contributed by atoms with van der Waals surface area (Å²) >= 11 is 0. The predicted molar refractivity (Wildman–Crippen MR) is 233 cm³/mol. The van der Waals surface area contributed by atoms with Crippen LogP contribution < -0.4 is 0 Å². The zero-order valence-electron chi connectivity index (χ0n) is 32.9. The molecular weight excluding hydrogens is 677 g/mol. The zero-order valence-corrected chi connectivity index (χ0v) is 32.9. The minimum atomic E-state index is 0.608. The zero-order chi connectivity index (χ0) is 36.5. The Kier molecular flexibility index (Phi) is 7.37. The van der Waals surface area contributed by atoms with Crippen molar-refractivity contribution in [3.63, 3.8) is 0 Å². The van der Waals surface area contributed by atoms with Crippen LogP contribution in [0.2, 0.25) is 0 Å². The molecule has 8 atom stereocenters. The van der Waals surface area contributed by atoms with Gasteiger partial charge in [-0.25, -0.2) is 0 Å². The van der Waals surface area contributed by atoms with Crippen molar-refractivity contribution in [2.75, 3.05) is 0 Å². The van der Waals surface area contributed by atoms with Crippen LogP contribution in [0, 0.1) is 59.2 Å². The maximum absolute atomic E-state index is 2.91. The summed E-state index contributed by atoms with van der Waals surface area (Å²) in [6, 6.07) is 44.6. The maximum atomic E-state index is 2.91. The fourth-order valence-electron chi connectivity index (χ4n) is 16.0. The second kappa shape index (κ2) is 12.6. The average Bonchev–Trinajstić information content (AvgIpc) is 3.78. The van der Waals surface area contributed by atoms with E-state index in [4.69, 9.17) is 0 Å². The number of nitrogens with zero attached hydrogens (tertiary/aromatic N) is 2. The first-order valence-electron chi connectivity index (χ1n) is 22.9. The summed E-state index contributed by atoms with van der Waals surface area (Å²) in [6.07, 6.45) is 19.6. The van der Waals surface area contributed by atoms with E-state index in [1.165, 1.54) is 118 Å². The Morgan fingerprint density at radius 3 is 1.45 bits per heavy atom. The number of aromatic nitrogens is 2. The fraction of sp³-hybridized carbons (Fsp3) is 0.444. The minimum Gasteiger partial charge on any atom is -0.337 e. The average molecular weight is 733 g/mol. The lowest BCUT2D eigenvalue weighted by Crippen LogP contribution is -2.62. The summed E-state index contributed by atoms with van der Waals surface area (Å²) in [5, 5.41) is 5.53. The SMILES string of the molecule is c1ccc(-n2c3ccccc3c3cc(-c4ccc5c(c4)c4ccccc4n5C4CC5C6CCCCC6C6CCCC7C8CCCCC8C(C4)C5C67)ccc32)cc1. The van der Waals surface area contributed by atoms with Crippen LogP contribution in [0.25, 0.3) is 60.4 Å². The van der Waals surface area contributed by atoms with Crippen LogP contribution in [-0.2, 0) is 0 Å². The summed E-state index contributed by atoms with van der Waals surface area (Å²) in [5.74, 6) is 10.1. The number of hydrogen-bond donors (Lipinski definition) is 0. The summed E-state index contributed by atoms with van der Waals surface area (Å²) in [5.41, 5.74) is 9.33. The molecular formula is C54H56N2. The molecule has 0 N–H and O–H groups in total. The van der Waals surface area contributed by atoms with Crippen molar-refractivity contribution < 1.29 is 0 Å². The fourth-order valence-corrected chi connectivity index (χ4v) is 16.0. The van der Waals surface area contributed by atoms with Gasteiger partial charge in [0.25, 0.3) is 0 Å². The highest BCUT2D eigenvalue weighted by atomic mass is 15.0. The van der Waals surface area contributed by atoms with E-state index in [-0.39, 0.29) is 0 Å². The van der Waals surface area contributed by atoms with E-state index >= 15 is 0 Å². The first-order chi connectivity index (χ1) is 27.8. The summed E-state index contributed by atoms with van der Waals surface area (Å²) in [7, 11) is 0. The van der Waals surface area contributed by atoms with E-state index in [1.807, 2.05) is 0 Å². The number of hydrogen-bond acceptors (Lipinski definition) is 0. The molecule has 6 aliphatic carbocycles. The van der Waals surface area contributed by atoms with Gasteiger partial charge in [-0.3, -0.25) is 0 Å². The van der Waals surface area contributed by atoms with E-state index in [9.17, 15) is 0 Å². The highest BCUT2D eigenvalue weighted by molar-refractivity contribution is 6.12. The van der Waals surface area contributed by atoms with E-state index in [1.54, 1.807) is 25.7 Å². The lowest BCUT2D eigenvalue weighted by Gasteiger charge is -2.68. The van der Waals surface area contributed by atoms with Crippen LogP contribution in [0.4, 0.5) is 0 Å². The van der Waals surface area contributed by atoms with Gasteiger partial charge in [0.1, 0.15) is 0 Å². The standard InChI is InChI=1S/C54H56N2/c1-2-13-35(14-3-1)55-49-23-10-8-19-41(49)45-29-33(25-27-51(45)55)34-26-28-52-46(30-34)42-20-9-11-24-50(42)56(52)36-31-47-39-17-6-4-15-37(39)43-21-12-22-44-38-16-5-7-18-40(38)48(32-36)54(47)53(43)44/h1-3,8-11,13-14,19-20,23-30,36-40,43-44,47-48,53-54H,4-7,12,15-18,21-22,31-32H2. The van der Waals surface area contributed by atoms with Gasteiger partial charge in [-0.2, -0.15) is 0 Å². The maximum Gasteiger partial charge on any atom is 0.0541 e. The summed E-state index contributed by atoms with van der Waals surface area (Å²) < 4.78 is 5.34.